The van der Waals surface area contributed by atoms with Gasteiger partial charge in [0.1, 0.15) is 5.03 Å². The fourth-order valence-electron chi connectivity index (χ4n) is 2.74. The summed E-state index contributed by atoms with van der Waals surface area (Å²) in [6, 6.07) is 21.9. The third-order valence-corrected chi connectivity index (χ3v) is 5.32. The lowest BCUT2D eigenvalue weighted by atomic mass is 10.1. The Balaban J connectivity index is 1.82. The standard InChI is InChI=1S/C21H17ClN4S/c1-2-15-6-12-18(13-7-15)26-20(16-8-10-17(22)11-9-16)24-25-21(26)27-19-5-3-4-14-23-19/h3-14H,2H2,1H3. The second-order valence-electron chi connectivity index (χ2n) is 5.94. The lowest BCUT2D eigenvalue weighted by molar-refractivity contribution is 0.882. The molecule has 0 aliphatic rings. The van der Waals surface area contributed by atoms with E-state index in [0.29, 0.717) is 5.02 Å². The summed E-state index contributed by atoms with van der Waals surface area (Å²) in [6.07, 6.45) is 2.78. The van der Waals surface area contributed by atoms with Crippen molar-refractivity contribution in [1.29, 1.82) is 0 Å². The molecule has 0 aliphatic carbocycles. The van der Waals surface area contributed by atoms with E-state index in [1.54, 1.807) is 6.20 Å². The van der Waals surface area contributed by atoms with Gasteiger partial charge in [-0.1, -0.05) is 36.7 Å². The molecule has 0 N–H and O–H groups in total. The van der Waals surface area contributed by atoms with Gasteiger partial charge in [-0.05, 0) is 72.3 Å². The van der Waals surface area contributed by atoms with Crippen LogP contribution in [0.25, 0.3) is 17.1 Å². The Hall–Kier alpha value is -2.63. The lowest BCUT2D eigenvalue weighted by Crippen LogP contribution is -2.00. The number of aromatic nitrogens is 4. The van der Waals surface area contributed by atoms with E-state index in [1.165, 1.54) is 17.3 Å². The first-order chi connectivity index (χ1) is 13.2. The van der Waals surface area contributed by atoms with Gasteiger partial charge in [-0.15, -0.1) is 10.2 Å². The molecule has 6 heteroatoms. The second-order valence-corrected chi connectivity index (χ2v) is 7.36. The smallest absolute Gasteiger partial charge is 0.202 e. The van der Waals surface area contributed by atoms with Gasteiger partial charge < -0.3 is 0 Å². The van der Waals surface area contributed by atoms with Crippen LogP contribution < -0.4 is 0 Å². The monoisotopic (exact) mass is 392 g/mol. The van der Waals surface area contributed by atoms with Gasteiger partial charge in [0.15, 0.2) is 5.82 Å². The number of benzene rings is 2. The summed E-state index contributed by atoms with van der Waals surface area (Å²) < 4.78 is 2.06. The topological polar surface area (TPSA) is 43.6 Å². The highest BCUT2D eigenvalue weighted by Gasteiger charge is 2.17. The number of hydrogen-bond donors (Lipinski definition) is 0. The first kappa shape index (κ1) is 17.8. The van der Waals surface area contributed by atoms with Crippen molar-refractivity contribution in [3.05, 3.63) is 83.5 Å². The molecule has 0 bridgehead atoms. The fraction of sp³-hybridized carbons (Fsp3) is 0.0952. The number of nitrogens with zero attached hydrogens (tertiary/aromatic N) is 4. The molecule has 0 fully saturated rings. The summed E-state index contributed by atoms with van der Waals surface area (Å²) in [5.74, 6) is 0.773. The zero-order valence-electron chi connectivity index (χ0n) is 14.7. The molecule has 0 unspecified atom stereocenters. The normalized spacial score (nSPS) is 10.9. The van der Waals surface area contributed by atoms with Gasteiger partial charge in [-0.2, -0.15) is 0 Å². The van der Waals surface area contributed by atoms with Gasteiger partial charge in [-0.25, -0.2) is 4.98 Å². The molecule has 134 valence electrons. The van der Waals surface area contributed by atoms with Crippen LogP contribution in [0.5, 0.6) is 0 Å². The van der Waals surface area contributed by atoms with Gasteiger partial charge in [0.2, 0.25) is 5.16 Å². The van der Waals surface area contributed by atoms with Gasteiger partial charge in [0.05, 0.1) is 0 Å². The maximum atomic E-state index is 6.05. The van der Waals surface area contributed by atoms with Crippen LogP contribution in [0, 0.1) is 0 Å². The van der Waals surface area contributed by atoms with Crippen LogP contribution in [0.4, 0.5) is 0 Å². The molecule has 2 heterocycles. The summed E-state index contributed by atoms with van der Waals surface area (Å²) in [5, 5.41) is 11.2. The maximum Gasteiger partial charge on any atom is 0.202 e. The molecular weight excluding hydrogens is 376 g/mol. The first-order valence-electron chi connectivity index (χ1n) is 8.64. The van der Waals surface area contributed by atoms with Gasteiger partial charge in [0, 0.05) is 22.5 Å². The molecular formula is C21H17ClN4S. The molecule has 0 spiro atoms. The van der Waals surface area contributed by atoms with Crippen LogP contribution >= 0.6 is 23.4 Å². The van der Waals surface area contributed by atoms with Crippen molar-refractivity contribution in [2.24, 2.45) is 0 Å². The molecule has 27 heavy (non-hydrogen) atoms. The van der Waals surface area contributed by atoms with Crippen molar-refractivity contribution in [2.45, 2.75) is 23.5 Å². The van der Waals surface area contributed by atoms with Crippen LogP contribution in [-0.4, -0.2) is 19.7 Å². The van der Waals surface area contributed by atoms with E-state index in [9.17, 15) is 0 Å². The third kappa shape index (κ3) is 3.89. The zero-order chi connectivity index (χ0) is 18.6. The third-order valence-electron chi connectivity index (χ3n) is 4.17. The lowest BCUT2D eigenvalue weighted by Gasteiger charge is -2.11. The summed E-state index contributed by atoms with van der Waals surface area (Å²) in [5.41, 5.74) is 3.26. The summed E-state index contributed by atoms with van der Waals surface area (Å²) >= 11 is 7.54. The first-order valence-corrected chi connectivity index (χ1v) is 9.83. The van der Waals surface area contributed by atoms with Crippen molar-refractivity contribution in [2.75, 3.05) is 0 Å². The van der Waals surface area contributed by atoms with Crippen LogP contribution in [0.1, 0.15) is 12.5 Å². The minimum absolute atomic E-state index is 0.695. The summed E-state index contributed by atoms with van der Waals surface area (Å²) in [6.45, 7) is 2.15. The van der Waals surface area contributed by atoms with E-state index in [1.807, 2.05) is 42.5 Å². The molecule has 2 aromatic heterocycles. The molecule has 0 amide bonds. The quantitative estimate of drug-likeness (QED) is 0.437. The predicted octanol–water partition coefficient (Wildman–Crippen LogP) is 5.70. The molecule has 0 saturated carbocycles. The van der Waals surface area contributed by atoms with Crippen molar-refractivity contribution in [3.63, 3.8) is 0 Å². The van der Waals surface area contributed by atoms with Crippen LogP contribution in [-0.2, 0) is 6.42 Å². The minimum Gasteiger partial charge on any atom is -0.270 e. The van der Waals surface area contributed by atoms with Crippen molar-refractivity contribution in [3.8, 4) is 17.1 Å². The van der Waals surface area contributed by atoms with Gasteiger partial charge in [0.25, 0.3) is 0 Å². The predicted molar refractivity (Wildman–Crippen MR) is 110 cm³/mol. The molecule has 0 saturated heterocycles. The molecule has 4 aromatic rings. The minimum atomic E-state index is 0.695. The Bertz CT molecular complexity index is 1030. The largest absolute Gasteiger partial charge is 0.270 e. The Kier molecular flexibility index (Phi) is 5.23. The van der Waals surface area contributed by atoms with E-state index in [4.69, 9.17) is 11.6 Å². The Labute approximate surface area is 167 Å². The van der Waals surface area contributed by atoms with Crippen molar-refractivity contribution < 1.29 is 0 Å². The molecule has 0 aliphatic heterocycles. The second kappa shape index (κ2) is 7.94. The van der Waals surface area contributed by atoms with Crippen molar-refractivity contribution >= 4 is 23.4 Å². The van der Waals surface area contributed by atoms with Gasteiger partial charge in [-0.3, -0.25) is 4.57 Å². The summed E-state index contributed by atoms with van der Waals surface area (Å²) in [4.78, 5) is 4.39. The number of halogens is 1. The maximum absolute atomic E-state index is 6.05. The number of pyridine rings is 1. The van der Waals surface area contributed by atoms with Crippen LogP contribution in [0.2, 0.25) is 5.02 Å². The Morgan fingerprint density at radius 2 is 1.70 bits per heavy atom. The number of rotatable bonds is 5. The number of hydrogen-bond acceptors (Lipinski definition) is 4. The highest BCUT2D eigenvalue weighted by molar-refractivity contribution is 7.99. The van der Waals surface area contributed by atoms with E-state index in [0.717, 1.165) is 33.7 Å². The summed E-state index contributed by atoms with van der Waals surface area (Å²) in [7, 11) is 0. The highest BCUT2D eigenvalue weighted by atomic mass is 35.5. The molecule has 4 nitrogen and oxygen atoms in total. The number of aryl methyl sites for hydroxylation is 1. The van der Waals surface area contributed by atoms with Crippen molar-refractivity contribution in [1.82, 2.24) is 19.7 Å². The van der Waals surface area contributed by atoms with E-state index >= 15 is 0 Å². The SMILES string of the molecule is CCc1ccc(-n2c(Sc3ccccn3)nnc2-c2ccc(Cl)cc2)cc1. The zero-order valence-corrected chi connectivity index (χ0v) is 16.3. The Morgan fingerprint density at radius 3 is 2.37 bits per heavy atom. The van der Waals surface area contributed by atoms with Crippen LogP contribution in [0.15, 0.2) is 83.1 Å². The molecule has 2 aromatic carbocycles. The van der Waals surface area contributed by atoms with E-state index in [2.05, 4.69) is 50.9 Å². The van der Waals surface area contributed by atoms with E-state index < -0.39 is 0 Å². The van der Waals surface area contributed by atoms with E-state index in [-0.39, 0.29) is 0 Å². The molecule has 0 atom stereocenters. The molecule has 4 rings (SSSR count). The average Bonchev–Trinajstić information content (AvgIpc) is 3.13. The van der Waals surface area contributed by atoms with Crippen LogP contribution in [0.3, 0.4) is 0 Å². The highest BCUT2D eigenvalue weighted by Crippen LogP contribution is 2.31. The average molecular weight is 393 g/mol. The fourth-order valence-corrected chi connectivity index (χ4v) is 3.67. The van der Waals surface area contributed by atoms with Gasteiger partial charge >= 0.3 is 0 Å². The molecule has 0 radical (unpaired) electrons. The Morgan fingerprint density at radius 1 is 0.926 bits per heavy atom.